The first-order valence-electron chi connectivity index (χ1n) is 8.32. The maximum atomic E-state index is 12.3. The van der Waals surface area contributed by atoms with Gasteiger partial charge >= 0.3 is 6.18 Å². The van der Waals surface area contributed by atoms with Crippen LogP contribution in [0.5, 0.6) is 0 Å². The van der Waals surface area contributed by atoms with Crippen molar-refractivity contribution in [3.05, 3.63) is 47.8 Å². The van der Waals surface area contributed by atoms with E-state index in [9.17, 15) is 18.0 Å². The zero-order chi connectivity index (χ0) is 18.7. The average molecular weight is 364 g/mol. The molecule has 8 heteroatoms. The van der Waals surface area contributed by atoms with Crippen molar-refractivity contribution >= 4 is 17.5 Å². The van der Waals surface area contributed by atoms with E-state index in [0.29, 0.717) is 12.2 Å². The highest BCUT2D eigenvalue weighted by atomic mass is 19.4. The number of carbonyl (C=O) groups excluding carboxylic acids is 1. The van der Waals surface area contributed by atoms with Gasteiger partial charge in [-0.2, -0.15) is 13.2 Å². The fraction of sp³-hybridized carbons (Fsp3) is 0.389. The third-order valence-corrected chi connectivity index (χ3v) is 4.15. The molecule has 0 spiro atoms. The molecule has 1 amide bonds. The second-order valence-electron chi connectivity index (χ2n) is 6.38. The van der Waals surface area contributed by atoms with E-state index in [1.165, 1.54) is 12.3 Å². The number of hydrogen-bond donors (Lipinski definition) is 1. The standard InChI is InChI=1S/C18H19F3N4O/c1-12-3-2-4-15(9-12)25-11-14(10-16(25)26)24-17-22-8-6-13(23-17)5-7-18(19,20)21/h2-4,6,8-9,14H,5,7,10-11H2,1H3,(H,22,23,24)/t14-/m0/s1. The maximum Gasteiger partial charge on any atom is 0.389 e. The number of aromatic nitrogens is 2. The molecule has 1 fully saturated rings. The molecule has 0 radical (unpaired) electrons. The summed E-state index contributed by atoms with van der Waals surface area (Å²) < 4.78 is 37.0. The van der Waals surface area contributed by atoms with Crippen molar-refractivity contribution in [1.29, 1.82) is 0 Å². The second-order valence-corrected chi connectivity index (χ2v) is 6.38. The smallest absolute Gasteiger partial charge is 0.349 e. The van der Waals surface area contributed by atoms with Gasteiger partial charge in [0.25, 0.3) is 0 Å². The number of amides is 1. The van der Waals surface area contributed by atoms with Gasteiger partial charge in [0.1, 0.15) is 0 Å². The van der Waals surface area contributed by atoms with Crippen molar-refractivity contribution in [3.8, 4) is 0 Å². The van der Waals surface area contributed by atoms with Crippen LogP contribution in [-0.2, 0) is 11.2 Å². The summed E-state index contributed by atoms with van der Waals surface area (Å²) in [6.45, 7) is 2.42. The SMILES string of the molecule is Cc1cccc(N2C[C@@H](Nc3nccc(CCC(F)(F)F)n3)CC2=O)c1. The summed E-state index contributed by atoms with van der Waals surface area (Å²) in [6, 6.07) is 8.94. The number of alkyl halides is 3. The number of aryl methyl sites for hydroxylation is 2. The van der Waals surface area contributed by atoms with Gasteiger partial charge in [-0.15, -0.1) is 0 Å². The number of rotatable bonds is 5. The highest BCUT2D eigenvalue weighted by molar-refractivity contribution is 5.96. The molecule has 0 saturated carbocycles. The van der Waals surface area contributed by atoms with E-state index in [4.69, 9.17) is 0 Å². The van der Waals surface area contributed by atoms with Crippen LogP contribution in [-0.4, -0.2) is 34.6 Å². The Morgan fingerprint density at radius 1 is 1.31 bits per heavy atom. The minimum Gasteiger partial charge on any atom is -0.349 e. The summed E-state index contributed by atoms with van der Waals surface area (Å²) >= 11 is 0. The molecule has 1 aliphatic rings. The first-order valence-corrected chi connectivity index (χ1v) is 8.32. The highest BCUT2D eigenvalue weighted by Crippen LogP contribution is 2.24. The Bertz CT molecular complexity index is 794. The molecule has 1 aliphatic heterocycles. The molecule has 2 aromatic rings. The minimum atomic E-state index is -4.22. The minimum absolute atomic E-state index is 0.0127. The number of anilines is 2. The van der Waals surface area contributed by atoms with Gasteiger partial charge in [0.15, 0.2) is 0 Å². The summed E-state index contributed by atoms with van der Waals surface area (Å²) in [7, 11) is 0. The van der Waals surface area contributed by atoms with Crippen LogP contribution in [0.3, 0.4) is 0 Å². The Morgan fingerprint density at radius 3 is 2.85 bits per heavy atom. The molecule has 1 aromatic heterocycles. The number of nitrogens with one attached hydrogen (secondary N) is 1. The number of carbonyl (C=O) groups is 1. The largest absolute Gasteiger partial charge is 0.389 e. The van der Waals surface area contributed by atoms with E-state index in [1.54, 1.807) is 4.90 Å². The van der Waals surface area contributed by atoms with Crippen LogP contribution in [0.1, 0.15) is 24.1 Å². The highest BCUT2D eigenvalue weighted by Gasteiger charge is 2.31. The van der Waals surface area contributed by atoms with Gasteiger partial charge in [-0.25, -0.2) is 9.97 Å². The second kappa shape index (κ2) is 7.31. The molecule has 5 nitrogen and oxygen atoms in total. The lowest BCUT2D eigenvalue weighted by atomic mass is 10.2. The van der Waals surface area contributed by atoms with E-state index in [-0.39, 0.29) is 30.7 Å². The van der Waals surface area contributed by atoms with Crippen LogP contribution in [0.4, 0.5) is 24.8 Å². The molecule has 138 valence electrons. The zero-order valence-electron chi connectivity index (χ0n) is 14.3. The lowest BCUT2D eigenvalue weighted by Gasteiger charge is -2.18. The third-order valence-electron chi connectivity index (χ3n) is 4.15. The van der Waals surface area contributed by atoms with Crippen molar-refractivity contribution in [2.45, 2.75) is 38.4 Å². The van der Waals surface area contributed by atoms with Gasteiger partial charge in [0, 0.05) is 37.0 Å². The van der Waals surface area contributed by atoms with Crippen LogP contribution >= 0.6 is 0 Å². The van der Waals surface area contributed by atoms with Gasteiger partial charge in [-0.05, 0) is 37.1 Å². The molecule has 1 N–H and O–H groups in total. The molecule has 1 saturated heterocycles. The fourth-order valence-corrected chi connectivity index (χ4v) is 2.91. The summed E-state index contributed by atoms with van der Waals surface area (Å²) in [5.41, 5.74) is 2.21. The molecule has 2 heterocycles. The predicted molar refractivity (Wildman–Crippen MR) is 92.0 cm³/mol. The fourth-order valence-electron chi connectivity index (χ4n) is 2.91. The quantitative estimate of drug-likeness (QED) is 0.882. The van der Waals surface area contributed by atoms with Crippen molar-refractivity contribution < 1.29 is 18.0 Å². The number of hydrogen-bond acceptors (Lipinski definition) is 4. The van der Waals surface area contributed by atoms with Gasteiger partial charge < -0.3 is 10.2 Å². The van der Waals surface area contributed by atoms with E-state index in [1.807, 2.05) is 31.2 Å². The lowest BCUT2D eigenvalue weighted by molar-refractivity contribution is -0.134. The van der Waals surface area contributed by atoms with Gasteiger partial charge in [-0.3, -0.25) is 4.79 Å². The van der Waals surface area contributed by atoms with E-state index < -0.39 is 12.6 Å². The third kappa shape index (κ3) is 4.71. The summed E-state index contributed by atoms with van der Waals surface area (Å²) in [4.78, 5) is 22.2. The molecule has 3 rings (SSSR count). The predicted octanol–water partition coefficient (Wildman–Crippen LogP) is 3.50. The lowest BCUT2D eigenvalue weighted by Crippen LogP contribution is -2.28. The molecule has 0 bridgehead atoms. The zero-order valence-corrected chi connectivity index (χ0v) is 14.3. The molecule has 1 aromatic carbocycles. The number of benzene rings is 1. The van der Waals surface area contributed by atoms with Crippen molar-refractivity contribution in [3.63, 3.8) is 0 Å². The van der Waals surface area contributed by atoms with E-state index in [2.05, 4.69) is 15.3 Å². The van der Waals surface area contributed by atoms with Crippen LogP contribution < -0.4 is 10.2 Å². The number of nitrogens with zero attached hydrogens (tertiary/aromatic N) is 3. The van der Waals surface area contributed by atoms with Crippen molar-refractivity contribution in [2.75, 3.05) is 16.8 Å². The first-order chi connectivity index (χ1) is 12.3. The Balaban J connectivity index is 1.64. The van der Waals surface area contributed by atoms with Crippen LogP contribution in [0, 0.1) is 6.92 Å². The summed E-state index contributed by atoms with van der Waals surface area (Å²) in [6.07, 6.45) is -3.63. The topological polar surface area (TPSA) is 58.1 Å². The Hall–Kier alpha value is -2.64. The molecular weight excluding hydrogens is 345 g/mol. The Kier molecular flexibility index (Phi) is 5.11. The molecule has 0 unspecified atom stereocenters. The molecular formula is C18H19F3N4O. The molecule has 1 atom stereocenters. The van der Waals surface area contributed by atoms with Crippen LogP contribution in [0.2, 0.25) is 0 Å². The van der Waals surface area contributed by atoms with Gasteiger partial charge in [0.2, 0.25) is 11.9 Å². The molecule has 0 aliphatic carbocycles. The summed E-state index contributed by atoms with van der Waals surface area (Å²) in [5.74, 6) is 0.231. The Morgan fingerprint density at radius 2 is 2.12 bits per heavy atom. The average Bonchev–Trinajstić information content (AvgIpc) is 2.93. The van der Waals surface area contributed by atoms with E-state index >= 15 is 0 Å². The Labute approximate surface area is 149 Å². The van der Waals surface area contributed by atoms with Gasteiger partial charge in [-0.1, -0.05) is 12.1 Å². The summed E-state index contributed by atoms with van der Waals surface area (Å²) in [5, 5.41) is 3.06. The van der Waals surface area contributed by atoms with Crippen LogP contribution in [0.25, 0.3) is 0 Å². The molecule has 26 heavy (non-hydrogen) atoms. The monoisotopic (exact) mass is 364 g/mol. The van der Waals surface area contributed by atoms with E-state index in [0.717, 1.165) is 11.3 Å². The normalized spacial score (nSPS) is 17.6. The van der Waals surface area contributed by atoms with Crippen molar-refractivity contribution in [2.24, 2.45) is 0 Å². The van der Waals surface area contributed by atoms with Crippen LogP contribution in [0.15, 0.2) is 36.5 Å². The maximum absolute atomic E-state index is 12.3. The first kappa shape index (κ1) is 18.2. The van der Waals surface area contributed by atoms with Crippen molar-refractivity contribution in [1.82, 2.24) is 9.97 Å². The van der Waals surface area contributed by atoms with Gasteiger partial charge in [0.05, 0.1) is 6.04 Å². The number of halogens is 3.